The predicted molar refractivity (Wildman–Crippen MR) is 60.3 cm³/mol. The maximum atomic E-state index is 2.39. The zero-order chi connectivity index (χ0) is 8.97. The highest BCUT2D eigenvalue weighted by molar-refractivity contribution is 8.02. The normalized spacial score (nSPS) is 10.2. The van der Waals surface area contributed by atoms with Crippen molar-refractivity contribution >= 4 is 32.4 Å². The first-order valence-corrected chi connectivity index (χ1v) is 7.41. The van der Waals surface area contributed by atoms with Gasteiger partial charge in [-0.15, -0.1) is 11.8 Å². The van der Waals surface area contributed by atoms with Crippen molar-refractivity contribution in [1.29, 1.82) is 0 Å². The first-order valence-electron chi connectivity index (χ1n) is 4.03. The van der Waals surface area contributed by atoms with Gasteiger partial charge in [-0.3, -0.25) is 0 Å². The summed E-state index contributed by atoms with van der Waals surface area (Å²) in [5.74, 6) is 0. The molecule has 1 nitrogen and oxygen atoms in total. The van der Waals surface area contributed by atoms with Gasteiger partial charge in [-0.05, 0) is 30.4 Å². The second-order valence-electron chi connectivity index (χ2n) is 2.34. The number of rotatable bonds is 3. The molecule has 0 saturated heterocycles. The largest absolute Gasteiger partial charge is 0.268 e. The van der Waals surface area contributed by atoms with E-state index in [2.05, 4.69) is 30.7 Å². The van der Waals surface area contributed by atoms with E-state index in [-0.39, 0.29) is 0 Å². The van der Waals surface area contributed by atoms with Crippen molar-refractivity contribution < 1.29 is 0 Å². The molecule has 1 aromatic heterocycles. The molecule has 0 aliphatic carbocycles. The molecule has 1 rings (SSSR count). The summed E-state index contributed by atoms with van der Waals surface area (Å²) in [7, 11) is 3.75. The van der Waals surface area contributed by atoms with Crippen LogP contribution in [0.2, 0.25) is 0 Å². The van der Waals surface area contributed by atoms with E-state index in [1.54, 1.807) is 0 Å². The zero-order valence-corrected chi connectivity index (χ0v) is 10.1. The molecule has 0 amide bonds. The van der Waals surface area contributed by atoms with E-state index in [0.29, 0.717) is 0 Å². The Kier molecular flexibility index (Phi) is 4.32. The standard InChI is InChI=1S/C8H14NS3/c1-4-9(5-2)7-6-8(10-3)12-11-7/h6H,4-5H2,1-3H3/q+1. The summed E-state index contributed by atoms with van der Waals surface area (Å²) in [5.41, 5.74) is 0. The zero-order valence-electron chi connectivity index (χ0n) is 7.66. The summed E-state index contributed by atoms with van der Waals surface area (Å²) in [5, 5.41) is 0. The van der Waals surface area contributed by atoms with Gasteiger partial charge in [-0.1, -0.05) is 10.3 Å². The second-order valence-corrected chi connectivity index (χ2v) is 5.64. The predicted octanol–water partition coefficient (Wildman–Crippen LogP) is 2.34. The maximum Gasteiger partial charge on any atom is 0.268 e. The average Bonchev–Trinajstić information content (AvgIpc) is 2.55. The van der Waals surface area contributed by atoms with Crippen LogP contribution in [-0.4, -0.2) is 19.3 Å². The molecule has 0 saturated carbocycles. The lowest BCUT2D eigenvalue weighted by molar-refractivity contribution is 0.635. The van der Waals surface area contributed by atoms with Crippen LogP contribution in [0.25, 0.3) is 0 Å². The van der Waals surface area contributed by atoms with Gasteiger partial charge in [-0.2, -0.15) is 0 Å². The molecule has 0 atom stereocenters. The highest BCUT2D eigenvalue weighted by atomic mass is 32.9. The maximum absolute atomic E-state index is 2.39. The van der Waals surface area contributed by atoms with E-state index in [0.717, 1.165) is 13.1 Å². The Morgan fingerprint density at radius 1 is 1.33 bits per heavy atom. The molecule has 0 N–H and O–H groups in total. The summed E-state index contributed by atoms with van der Waals surface area (Å²) >= 11 is 1.83. The van der Waals surface area contributed by atoms with Gasteiger partial charge < -0.3 is 0 Å². The molecule has 1 aromatic rings. The van der Waals surface area contributed by atoms with E-state index < -0.39 is 0 Å². The fraction of sp³-hybridized carbons (Fsp3) is 0.625. The van der Waals surface area contributed by atoms with Crippen molar-refractivity contribution in [2.75, 3.05) is 19.3 Å². The molecule has 0 radical (unpaired) electrons. The molecule has 0 aromatic carbocycles. The van der Waals surface area contributed by atoms with Crippen molar-refractivity contribution in [3.05, 3.63) is 10.7 Å². The summed E-state index contributed by atoms with van der Waals surface area (Å²) in [6, 6.07) is 2.28. The lowest BCUT2D eigenvalue weighted by atomic mass is 10.6. The second kappa shape index (κ2) is 5.04. The van der Waals surface area contributed by atoms with Gasteiger partial charge in [0.1, 0.15) is 13.1 Å². The molecule has 0 unspecified atom stereocenters. The number of thioether (sulfide) groups is 1. The quantitative estimate of drug-likeness (QED) is 0.429. The molecule has 0 fully saturated rings. The van der Waals surface area contributed by atoms with E-state index in [4.69, 9.17) is 0 Å². The Morgan fingerprint density at radius 3 is 2.42 bits per heavy atom. The summed E-state index contributed by atoms with van der Waals surface area (Å²) in [6.45, 7) is 6.62. The third kappa shape index (κ3) is 2.34. The van der Waals surface area contributed by atoms with Crippen molar-refractivity contribution in [3.8, 4) is 0 Å². The summed E-state index contributed by atoms with van der Waals surface area (Å²) < 4.78 is 5.22. The Bertz CT molecular complexity index is 291. The number of hydrogen-bond acceptors (Lipinski definition) is 3. The van der Waals surface area contributed by atoms with Crippen LogP contribution in [0, 0.1) is 0 Å². The minimum Gasteiger partial charge on any atom is -0.221 e. The van der Waals surface area contributed by atoms with Crippen molar-refractivity contribution in [1.82, 2.24) is 4.58 Å². The van der Waals surface area contributed by atoms with E-state index in [1.165, 1.54) is 8.88 Å². The van der Waals surface area contributed by atoms with Gasteiger partial charge in [-0.25, -0.2) is 4.58 Å². The Balaban J connectivity index is 3.06. The van der Waals surface area contributed by atoms with Crippen molar-refractivity contribution in [3.63, 3.8) is 0 Å². The Labute approximate surface area is 85.2 Å². The number of nitrogens with zero attached hydrogens (tertiary/aromatic N) is 1. The molecular weight excluding hydrogens is 206 g/mol. The highest BCUT2D eigenvalue weighted by Gasteiger charge is 2.03. The smallest absolute Gasteiger partial charge is 0.221 e. The highest BCUT2D eigenvalue weighted by Crippen LogP contribution is 2.20. The fourth-order valence-corrected chi connectivity index (χ4v) is 4.54. The monoisotopic (exact) mass is 220 g/mol. The lowest BCUT2D eigenvalue weighted by Crippen LogP contribution is -2.26. The van der Waals surface area contributed by atoms with Crippen LogP contribution in [0.4, 0.5) is 0 Å². The van der Waals surface area contributed by atoms with Gasteiger partial charge in [0.05, 0.1) is 4.21 Å². The van der Waals surface area contributed by atoms with Crippen LogP contribution in [0.5, 0.6) is 0 Å². The molecular formula is C8H14NS3+. The van der Waals surface area contributed by atoms with Gasteiger partial charge in [0.15, 0.2) is 0 Å². The van der Waals surface area contributed by atoms with Crippen molar-refractivity contribution in [2.45, 2.75) is 18.1 Å². The molecule has 0 bridgehead atoms. The fourth-order valence-electron chi connectivity index (χ4n) is 1.00. The number of hydrogen-bond donors (Lipinski definition) is 0. The van der Waals surface area contributed by atoms with Crippen molar-refractivity contribution in [2.24, 2.45) is 0 Å². The van der Waals surface area contributed by atoms with E-state index in [1.807, 2.05) is 32.4 Å². The van der Waals surface area contributed by atoms with Gasteiger partial charge >= 0.3 is 0 Å². The van der Waals surface area contributed by atoms with Crippen LogP contribution < -0.4 is 9.25 Å². The topological polar surface area (TPSA) is 3.01 Å². The van der Waals surface area contributed by atoms with Crippen LogP contribution in [0.1, 0.15) is 13.8 Å². The van der Waals surface area contributed by atoms with Crippen LogP contribution in [0.15, 0.2) is 10.3 Å². The minimum atomic E-state index is 1.11. The molecule has 1 heterocycles. The SMILES string of the molecule is CC[N+](CC)=c1cc(SC)ss1. The molecule has 12 heavy (non-hydrogen) atoms. The third-order valence-electron chi connectivity index (χ3n) is 1.73. The Hall–Kier alpha value is 0.200. The molecule has 0 aliphatic rings. The van der Waals surface area contributed by atoms with Crippen LogP contribution >= 0.6 is 32.4 Å². The molecule has 0 aliphatic heterocycles. The van der Waals surface area contributed by atoms with E-state index >= 15 is 0 Å². The summed E-state index contributed by atoms with van der Waals surface area (Å²) in [6.07, 6.45) is 2.13. The van der Waals surface area contributed by atoms with Gasteiger partial charge in [0.2, 0.25) is 0 Å². The average molecular weight is 220 g/mol. The molecule has 4 heteroatoms. The van der Waals surface area contributed by atoms with Crippen LogP contribution in [0.3, 0.4) is 0 Å². The lowest BCUT2D eigenvalue weighted by Gasteiger charge is -1.91. The van der Waals surface area contributed by atoms with Gasteiger partial charge in [0, 0.05) is 6.07 Å². The first kappa shape index (κ1) is 10.3. The Morgan fingerprint density at radius 2 is 2.00 bits per heavy atom. The minimum absolute atomic E-state index is 1.11. The molecule has 0 spiro atoms. The molecule has 68 valence electrons. The van der Waals surface area contributed by atoms with E-state index in [9.17, 15) is 0 Å². The van der Waals surface area contributed by atoms with Gasteiger partial charge in [0.25, 0.3) is 4.67 Å². The first-order chi connectivity index (χ1) is 5.81. The van der Waals surface area contributed by atoms with Crippen LogP contribution in [-0.2, 0) is 0 Å². The third-order valence-corrected chi connectivity index (χ3v) is 5.53. The summed E-state index contributed by atoms with van der Waals surface area (Å²) in [4.78, 5) is 0.